The van der Waals surface area contributed by atoms with E-state index in [0.717, 1.165) is 136 Å². The van der Waals surface area contributed by atoms with Crippen LogP contribution in [-0.4, -0.2) is 45.5 Å². The van der Waals surface area contributed by atoms with E-state index in [0.29, 0.717) is 22.3 Å². The van der Waals surface area contributed by atoms with Crippen molar-refractivity contribution in [3.63, 3.8) is 0 Å². The molecule has 16 aromatic carbocycles. The Labute approximate surface area is 730 Å². The predicted octanol–water partition coefficient (Wildman–Crippen LogP) is 29.1. The fourth-order valence-electron chi connectivity index (χ4n) is 18.0. The summed E-state index contributed by atoms with van der Waals surface area (Å²) in [6.07, 6.45) is 3.45. The Morgan fingerprint density at radius 3 is 0.960 bits per heavy atom. The van der Waals surface area contributed by atoms with Gasteiger partial charge in [0.25, 0.3) is 0 Å². The molecule has 0 atom stereocenters. The normalized spacial score (nSPS) is 14.0. The molecule has 2 aliphatic carbocycles. The fraction of sp³-hybridized carbons (Fsp3) is 0.107. The maximum absolute atomic E-state index is 11.9. The Balaban J connectivity index is 0.000000132. The molecule has 0 N–H and O–H groups in total. The summed E-state index contributed by atoms with van der Waals surface area (Å²) in [5.74, 6) is 0. The van der Waals surface area contributed by atoms with Crippen LogP contribution < -0.4 is 15.0 Å². The van der Waals surface area contributed by atoms with Crippen molar-refractivity contribution in [2.24, 2.45) is 0 Å². The molecule has 11 nitrogen and oxygen atoms in total. The van der Waals surface area contributed by atoms with Gasteiger partial charge in [0.15, 0.2) is 0 Å². The summed E-state index contributed by atoms with van der Waals surface area (Å²) in [5.41, 5.74) is 32.4. The number of halogens is 1. The molecular formula is C112H88BrN5O6. The number of hydrogen-bond acceptors (Lipinski definition) is 9. The first-order chi connectivity index (χ1) is 60.2. The Morgan fingerprint density at radius 1 is 0.258 bits per heavy atom. The summed E-state index contributed by atoms with van der Waals surface area (Å²) < 4.78 is 5.32. The number of nitrogens with zero attached hydrogens (tertiary/aromatic N) is 5. The zero-order valence-electron chi connectivity index (χ0n) is 70.0. The minimum Gasteiger partial charge on any atom is -0.310 e. The Bertz CT molecular complexity index is 7160. The van der Waals surface area contributed by atoms with E-state index in [1.165, 1.54) is 66.8 Å². The SMILES string of the molecule is CC1(C)c2ccccc2-c2ccc(N(c3ccc(-c4ccccc4)cc3)c3ccc(-c4ccc5c(c4)c4cc(C=O)ccc4n5-c4ccc(C=O)cc4)cc3)cc21.CC1(C)c2ccccc2-c2ccc(N(c3ccc(-c4ccccc4)cc3)c3ccc(N4OC(C)(C)C(C)(C)O4)cc3)cc21.O=Cc1ccc(-n2c3ccc(Br)cc3c3cc(C=O)ccc32)cc1. The van der Waals surface area contributed by atoms with Crippen LogP contribution in [0.15, 0.2) is 368 Å². The highest BCUT2D eigenvalue weighted by Gasteiger charge is 2.50. The second-order valence-electron chi connectivity index (χ2n) is 34.1. The van der Waals surface area contributed by atoms with Crippen molar-refractivity contribution in [2.75, 3.05) is 15.0 Å². The summed E-state index contributed by atoms with van der Waals surface area (Å²) in [6, 6.07) is 126. The molecule has 3 aliphatic rings. The van der Waals surface area contributed by atoms with Crippen LogP contribution in [0.25, 0.3) is 111 Å². The van der Waals surface area contributed by atoms with Crippen LogP contribution in [0.4, 0.5) is 39.8 Å². The van der Waals surface area contributed by atoms with Crippen LogP contribution in [-0.2, 0) is 20.5 Å². The molecule has 0 bridgehead atoms. The van der Waals surface area contributed by atoms with E-state index in [4.69, 9.17) is 9.68 Å². The number of benzene rings is 16. The van der Waals surface area contributed by atoms with Gasteiger partial charge in [0.05, 0.1) is 27.8 Å². The van der Waals surface area contributed by atoms with Gasteiger partial charge in [-0.15, -0.1) is 5.23 Å². The lowest BCUT2D eigenvalue weighted by Crippen LogP contribution is -2.41. The second kappa shape index (κ2) is 31.9. The molecule has 0 unspecified atom stereocenters. The number of hydrogen-bond donors (Lipinski definition) is 0. The molecule has 1 saturated heterocycles. The van der Waals surface area contributed by atoms with Crippen molar-refractivity contribution in [1.29, 1.82) is 0 Å². The van der Waals surface area contributed by atoms with Crippen LogP contribution in [0.3, 0.4) is 0 Å². The van der Waals surface area contributed by atoms with Gasteiger partial charge in [-0.3, -0.25) is 19.2 Å². The first kappa shape index (κ1) is 79.4. The van der Waals surface area contributed by atoms with E-state index in [9.17, 15) is 19.2 Å². The molecule has 1 fully saturated rings. The lowest BCUT2D eigenvalue weighted by molar-refractivity contribution is -0.0273. The molecule has 12 heteroatoms. The molecule has 604 valence electrons. The highest BCUT2D eigenvalue weighted by atomic mass is 79.9. The van der Waals surface area contributed by atoms with Gasteiger partial charge in [0.1, 0.15) is 36.3 Å². The Morgan fingerprint density at radius 2 is 0.556 bits per heavy atom. The number of rotatable bonds is 16. The molecule has 0 saturated carbocycles. The molecule has 2 aromatic heterocycles. The molecule has 3 heterocycles. The third-order valence-electron chi connectivity index (χ3n) is 25.4. The summed E-state index contributed by atoms with van der Waals surface area (Å²) in [7, 11) is 0. The number of carbonyl (C=O) groups excluding carboxylic acids is 4. The highest BCUT2D eigenvalue weighted by molar-refractivity contribution is 9.10. The average Bonchev–Trinajstić information content (AvgIpc) is 1.60. The lowest BCUT2D eigenvalue weighted by atomic mass is 9.82. The van der Waals surface area contributed by atoms with Gasteiger partial charge in [-0.1, -0.05) is 207 Å². The van der Waals surface area contributed by atoms with Crippen molar-refractivity contribution in [2.45, 2.75) is 77.4 Å². The van der Waals surface area contributed by atoms with Crippen molar-refractivity contribution in [1.82, 2.24) is 9.13 Å². The number of aromatic nitrogens is 2. The predicted molar refractivity (Wildman–Crippen MR) is 511 cm³/mol. The van der Waals surface area contributed by atoms with Crippen molar-refractivity contribution in [3.05, 3.63) is 413 Å². The number of aldehydes is 4. The van der Waals surface area contributed by atoms with Gasteiger partial charge in [-0.25, -0.2) is 9.68 Å². The van der Waals surface area contributed by atoms with Gasteiger partial charge < -0.3 is 18.9 Å². The average molecular weight is 1680 g/mol. The van der Waals surface area contributed by atoms with Crippen LogP contribution in [0.1, 0.15) is 119 Å². The third kappa shape index (κ3) is 14.3. The van der Waals surface area contributed by atoms with Crippen LogP contribution in [0.2, 0.25) is 0 Å². The maximum atomic E-state index is 11.9. The molecule has 18 aromatic rings. The number of anilines is 7. The van der Waals surface area contributed by atoms with E-state index >= 15 is 0 Å². The molecule has 0 radical (unpaired) electrons. The van der Waals surface area contributed by atoms with Gasteiger partial charge >= 0.3 is 0 Å². The van der Waals surface area contributed by atoms with Gasteiger partial charge in [0.2, 0.25) is 0 Å². The molecule has 1 aliphatic heterocycles. The van der Waals surface area contributed by atoms with Crippen LogP contribution in [0.5, 0.6) is 0 Å². The van der Waals surface area contributed by atoms with E-state index in [2.05, 4.69) is 351 Å². The highest BCUT2D eigenvalue weighted by Crippen LogP contribution is 2.54. The minimum absolute atomic E-state index is 0.0847. The molecular weight excluding hydrogens is 1590 g/mol. The zero-order valence-corrected chi connectivity index (χ0v) is 71.6. The first-order valence-electron chi connectivity index (χ1n) is 41.8. The summed E-state index contributed by atoms with van der Waals surface area (Å²) >= 11 is 3.52. The van der Waals surface area contributed by atoms with E-state index in [-0.39, 0.29) is 10.8 Å². The van der Waals surface area contributed by atoms with Gasteiger partial charge in [0, 0.05) is 105 Å². The quantitative estimate of drug-likeness (QED) is 0.0874. The van der Waals surface area contributed by atoms with E-state index in [1.54, 1.807) is 17.4 Å². The standard InChI is InChI=1S/C53H38N2O2.C39H38N2O2.C20H12BrNO2/c1-53(2)49-11-7-6-10-45(49)46-27-26-44(32-50(46)53)54(41-22-15-38(16-23-41)37-8-4-3-5-9-37)42-24-17-39(18-25-42)40-19-29-52-48(31-40)47-30-36(34-57)14-28-51(47)55(52)43-20-12-35(33-56)13-21-43;1-37(2)35-15-11-10-14-33(35)34-25-24-32(26-36(34)37)40(29-18-16-28(17-19-29)27-12-8-7-9-13-27)30-20-22-31(23-21-30)41-42-38(3,4)39(5,6)43-41;21-15-4-8-20-18(10-15)17-9-14(12-24)3-7-19(17)22(20)16-5-1-13(11-23)2-6-16/h3-34H,1-2H3;7-26H,1-6H3;1-12H. The largest absolute Gasteiger partial charge is 0.310 e. The Hall–Kier alpha value is -14.4. The summed E-state index contributed by atoms with van der Waals surface area (Å²) in [5, 5.41) is 5.70. The maximum Gasteiger partial charge on any atom is 0.150 e. The van der Waals surface area contributed by atoms with Crippen molar-refractivity contribution >= 4 is 124 Å². The summed E-state index contributed by atoms with van der Waals surface area (Å²) in [6.45, 7) is 17.5. The first-order valence-corrected chi connectivity index (χ1v) is 42.6. The number of fused-ring (bicyclic) bond motifs is 12. The Kier molecular flexibility index (Phi) is 20.4. The van der Waals surface area contributed by atoms with Gasteiger partial charge in [-0.05, 0) is 306 Å². The fourth-order valence-corrected chi connectivity index (χ4v) is 18.4. The van der Waals surface area contributed by atoms with E-state index in [1.807, 2.05) is 91.0 Å². The van der Waals surface area contributed by atoms with E-state index < -0.39 is 11.2 Å². The summed E-state index contributed by atoms with van der Waals surface area (Å²) in [4.78, 5) is 62.4. The number of carbonyl (C=O) groups is 4. The monoisotopic (exact) mass is 1680 g/mol. The van der Waals surface area contributed by atoms with Gasteiger partial charge in [-0.2, -0.15) is 0 Å². The van der Waals surface area contributed by atoms with Crippen molar-refractivity contribution < 1.29 is 28.9 Å². The molecule has 21 rings (SSSR count). The zero-order chi connectivity index (χ0) is 85.3. The van der Waals surface area contributed by atoms with Crippen LogP contribution >= 0.6 is 15.9 Å². The molecule has 124 heavy (non-hydrogen) atoms. The third-order valence-corrected chi connectivity index (χ3v) is 25.8. The van der Waals surface area contributed by atoms with Crippen LogP contribution in [0, 0.1) is 0 Å². The lowest BCUT2D eigenvalue weighted by Gasteiger charge is -2.28. The topological polar surface area (TPSA) is 106 Å². The van der Waals surface area contributed by atoms with Crippen molar-refractivity contribution in [3.8, 4) is 67.0 Å². The molecule has 0 amide bonds. The molecule has 0 spiro atoms. The second-order valence-corrected chi connectivity index (χ2v) is 35.0. The minimum atomic E-state index is -0.451. The smallest absolute Gasteiger partial charge is 0.150 e.